The van der Waals surface area contributed by atoms with Crippen molar-refractivity contribution in [3.8, 4) is 0 Å². The van der Waals surface area contributed by atoms with Gasteiger partial charge in [0.25, 0.3) is 0 Å². The van der Waals surface area contributed by atoms with Crippen molar-refractivity contribution in [2.75, 3.05) is 26.0 Å². The van der Waals surface area contributed by atoms with Gasteiger partial charge in [0, 0.05) is 19.3 Å². The van der Waals surface area contributed by atoms with Gasteiger partial charge in [-0.15, -0.1) is 0 Å². The summed E-state index contributed by atoms with van der Waals surface area (Å²) in [4.78, 5) is -0.486. The molecule has 0 fully saturated rings. The van der Waals surface area contributed by atoms with Crippen LogP contribution in [0.4, 0.5) is 10.1 Å². The summed E-state index contributed by atoms with van der Waals surface area (Å²) in [5, 5.41) is 0. The number of rotatable bonds is 5. The number of nitrogens with two attached hydrogens (primary N) is 1. The molecular weight excluding hydrogens is 315 g/mol. The molecule has 0 aliphatic carbocycles. The van der Waals surface area contributed by atoms with E-state index >= 15 is 0 Å². The molecule has 0 heterocycles. The zero-order valence-electron chi connectivity index (χ0n) is 9.04. The minimum absolute atomic E-state index is 0.00427. The van der Waals surface area contributed by atoms with Crippen molar-refractivity contribution in [2.24, 2.45) is 0 Å². The number of ether oxygens (including phenoxy) is 1. The zero-order chi connectivity index (χ0) is 13.1. The number of nitrogen functional groups attached to an aromatic ring is 1. The zero-order valence-corrected chi connectivity index (χ0v) is 11.4. The Morgan fingerprint density at radius 3 is 2.76 bits per heavy atom. The molecule has 0 spiro atoms. The lowest BCUT2D eigenvalue weighted by atomic mass is 10.3. The maximum absolute atomic E-state index is 13.6. The van der Waals surface area contributed by atoms with Gasteiger partial charge in [-0.05, 0) is 28.1 Å². The number of anilines is 1. The Balaban J connectivity index is 3.06. The van der Waals surface area contributed by atoms with Crippen molar-refractivity contribution < 1.29 is 17.5 Å². The molecule has 17 heavy (non-hydrogen) atoms. The Kier molecular flexibility index (Phi) is 4.87. The highest BCUT2D eigenvalue weighted by Gasteiger charge is 2.21. The van der Waals surface area contributed by atoms with Crippen molar-refractivity contribution in [2.45, 2.75) is 4.90 Å². The van der Waals surface area contributed by atoms with Gasteiger partial charge < -0.3 is 10.5 Å². The summed E-state index contributed by atoms with van der Waals surface area (Å²) in [6, 6.07) is 2.36. The lowest BCUT2D eigenvalue weighted by Gasteiger charge is -2.09. The molecule has 8 heteroatoms. The standard InChI is InChI=1S/C9H12BrFN2O3S/c1-16-3-2-13-17(14,15)8-5-6(12)4-7(10)9(8)11/h4-5,13H,2-3,12H2,1H3. The molecule has 0 aliphatic rings. The quantitative estimate of drug-likeness (QED) is 0.627. The van der Waals surface area contributed by atoms with Crippen LogP contribution in [-0.4, -0.2) is 28.7 Å². The number of hydrogen-bond acceptors (Lipinski definition) is 4. The second-order valence-corrected chi connectivity index (χ2v) is 5.80. The fourth-order valence-corrected chi connectivity index (χ4v) is 2.89. The van der Waals surface area contributed by atoms with Gasteiger partial charge in [-0.25, -0.2) is 17.5 Å². The summed E-state index contributed by atoms with van der Waals surface area (Å²) >= 11 is 2.90. The molecule has 0 aromatic heterocycles. The average Bonchev–Trinajstić information content (AvgIpc) is 2.23. The predicted octanol–water partition coefficient (Wildman–Crippen LogP) is 1.10. The molecule has 1 rings (SSSR count). The van der Waals surface area contributed by atoms with Gasteiger partial charge in [-0.3, -0.25) is 0 Å². The van der Waals surface area contributed by atoms with Gasteiger partial charge in [0.2, 0.25) is 10.0 Å². The van der Waals surface area contributed by atoms with Gasteiger partial charge in [0.1, 0.15) is 4.90 Å². The summed E-state index contributed by atoms with van der Waals surface area (Å²) < 4.78 is 44.0. The summed E-state index contributed by atoms with van der Waals surface area (Å²) in [6.45, 7) is 0.259. The second-order valence-electron chi connectivity index (χ2n) is 3.21. The highest BCUT2D eigenvalue weighted by molar-refractivity contribution is 9.10. The topological polar surface area (TPSA) is 81.4 Å². The van der Waals surface area contributed by atoms with Crippen molar-refractivity contribution >= 4 is 31.6 Å². The first kappa shape index (κ1) is 14.4. The van der Waals surface area contributed by atoms with E-state index < -0.39 is 20.7 Å². The van der Waals surface area contributed by atoms with Crippen LogP contribution < -0.4 is 10.5 Å². The minimum Gasteiger partial charge on any atom is -0.399 e. The monoisotopic (exact) mass is 326 g/mol. The molecule has 0 aliphatic heterocycles. The van der Waals surface area contributed by atoms with Crippen LogP contribution in [0, 0.1) is 5.82 Å². The molecule has 0 unspecified atom stereocenters. The third kappa shape index (κ3) is 3.63. The number of sulfonamides is 1. The van der Waals surface area contributed by atoms with E-state index in [0.29, 0.717) is 0 Å². The molecule has 0 saturated carbocycles. The lowest BCUT2D eigenvalue weighted by molar-refractivity contribution is 0.204. The van der Waals surface area contributed by atoms with Crippen LogP contribution in [0.25, 0.3) is 0 Å². The highest BCUT2D eigenvalue weighted by Crippen LogP contribution is 2.25. The van der Waals surface area contributed by atoms with E-state index in [-0.39, 0.29) is 23.3 Å². The molecule has 3 N–H and O–H groups in total. The van der Waals surface area contributed by atoms with Gasteiger partial charge in [0.15, 0.2) is 5.82 Å². The molecule has 0 amide bonds. The largest absolute Gasteiger partial charge is 0.399 e. The Morgan fingerprint density at radius 1 is 1.53 bits per heavy atom. The van der Waals surface area contributed by atoms with Crippen LogP contribution in [0.3, 0.4) is 0 Å². The lowest BCUT2D eigenvalue weighted by Crippen LogP contribution is -2.28. The van der Waals surface area contributed by atoms with Crippen LogP contribution in [0.2, 0.25) is 0 Å². The molecule has 0 bridgehead atoms. The molecular formula is C9H12BrFN2O3S. The third-order valence-corrected chi connectivity index (χ3v) is 3.94. The SMILES string of the molecule is COCCNS(=O)(=O)c1cc(N)cc(Br)c1F. The normalized spacial score (nSPS) is 11.7. The van der Waals surface area contributed by atoms with E-state index in [2.05, 4.69) is 20.7 Å². The van der Waals surface area contributed by atoms with E-state index in [0.717, 1.165) is 6.07 Å². The number of hydrogen-bond donors (Lipinski definition) is 2. The van der Waals surface area contributed by atoms with E-state index in [1.165, 1.54) is 13.2 Å². The Labute approximate surface area is 107 Å². The van der Waals surface area contributed by atoms with Crippen molar-refractivity contribution in [3.63, 3.8) is 0 Å². The molecule has 0 radical (unpaired) electrons. The fourth-order valence-electron chi connectivity index (χ4n) is 1.14. The van der Waals surface area contributed by atoms with Crippen molar-refractivity contribution in [3.05, 3.63) is 22.4 Å². The number of nitrogens with one attached hydrogen (secondary N) is 1. The van der Waals surface area contributed by atoms with Crippen LogP contribution in [-0.2, 0) is 14.8 Å². The first-order chi connectivity index (χ1) is 7.88. The molecule has 0 atom stereocenters. The van der Waals surface area contributed by atoms with Crippen LogP contribution >= 0.6 is 15.9 Å². The second kappa shape index (κ2) is 5.76. The van der Waals surface area contributed by atoms with E-state index in [4.69, 9.17) is 10.5 Å². The Hall–Kier alpha value is -0.700. The fraction of sp³-hybridized carbons (Fsp3) is 0.333. The molecule has 1 aromatic rings. The number of halogens is 2. The van der Waals surface area contributed by atoms with Crippen LogP contribution in [0.1, 0.15) is 0 Å². The average molecular weight is 327 g/mol. The first-order valence-electron chi connectivity index (χ1n) is 4.61. The number of benzene rings is 1. The summed E-state index contributed by atoms with van der Waals surface area (Å²) in [7, 11) is -2.49. The van der Waals surface area contributed by atoms with E-state index in [9.17, 15) is 12.8 Å². The number of methoxy groups -OCH3 is 1. The Morgan fingerprint density at radius 2 is 2.18 bits per heavy atom. The predicted molar refractivity (Wildman–Crippen MR) is 65.6 cm³/mol. The summed E-state index contributed by atoms with van der Waals surface area (Å²) in [6.07, 6.45) is 0. The third-order valence-electron chi connectivity index (χ3n) is 1.90. The minimum atomic E-state index is -3.92. The van der Waals surface area contributed by atoms with Crippen LogP contribution in [0.5, 0.6) is 0 Å². The van der Waals surface area contributed by atoms with Gasteiger partial charge in [-0.1, -0.05) is 0 Å². The van der Waals surface area contributed by atoms with Crippen molar-refractivity contribution in [1.29, 1.82) is 0 Å². The Bertz CT molecular complexity index is 507. The smallest absolute Gasteiger partial charge is 0.243 e. The maximum atomic E-state index is 13.6. The van der Waals surface area contributed by atoms with Gasteiger partial charge >= 0.3 is 0 Å². The van der Waals surface area contributed by atoms with E-state index in [1.807, 2.05) is 0 Å². The maximum Gasteiger partial charge on any atom is 0.243 e. The highest BCUT2D eigenvalue weighted by atomic mass is 79.9. The first-order valence-corrected chi connectivity index (χ1v) is 6.89. The molecule has 1 aromatic carbocycles. The summed E-state index contributed by atoms with van der Waals surface area (Å²) in [5.41, 5.74) is 5.62. The van der Waals surface area contributed by atoms with E-state index in [1.54, 1.807) is 0 Å². The van der Waals surface area contributed by atoms with Crippen molar-refractivity contribution in [1.82, 2.24) is 4.72 Å². The molecule has 96 valence electrons. The molecule has 0 saturated heterocycles. The summed E-state index contributed by atoms with van der Waals surface area (Å²) in [5.74, 6) is -0.871. The van der Waals surface area contributed by atoms with Gasteiger partial charge in [0.05, 0.1) is 11.1 Å². The molecule has 5 nitrogen and oxygen atoms in total. The van der Waals surface area contributed by atoms with Gasteiger partial charge in [-0.2, -0.15) is 0 Å². The van der Waals surface area contributed by atoms with Crippen LogP contribution in [0.15, 0.2) is 21.5 Å².